The van der Waals surface area contributed by atoms with Gasteiger partial charge in [-0.1, -0.05) is 266 Å². The van der Waals surface area contributed by atoms with Gasteiger partial charge in [0.05, 0.1) is 33.8 Å². The third-order valence-corrected chi connectivity index (χ3v) is 15.5. The van der Waals surface area contributed by atoms with E-state index in [2.05, 4.69) is 111 Å². The van der Waals surface area contributed by atoms with E-state index in [1.54, 1.807) is 0 Å². The number of hydrogen-bond donors (Lipinski definition) is 1. The number of allylic oxidation sites excluding steroid dienone is 15. The molecule has 0 saturated carbocycles. The van der Waals surface area contributed by atoms with Crippen molar-refractivity contribution in [1.82, 2.24) is 5.32 Å². The van der Waals surface area contributed by atoms with Crippen LogP contribution < -0.4 is 10.2 Å². The number of nitrogens with zero attached hydrogens (tertiary/aromatic N) is 1. The van der Waals surface area contributed by atoms with Crippen LogP contribution in [0.2, 0.25) is 0 Å². The number of phosphoric ester groups is 1. The number of likely N-dealkylation sites (N-methyl/N-ethyl adjacent to an activating group) is 1. The van der Waals surface area contributed by atoms with E-state index >= 15 is 0 Å². The van der Waals surface area contributed by atoms with Gasteiger partial charge in [-0.15, -0.1) is 0 Å². The molecule has 3 unspecified atom stereocenters. The number of hydrogen-bond acceptors (Lipinski definition) is 7. The standard InChI is InChI=1S/C71H127N2O7P/c1-7-10-13-16-19-22-25-28-30-32-34-35-36-37-39-40-42-45-48-51-54-57-60-63-70(74)72-68(67-79-81(76,77)78-66-65-73(4,5)6)69(62-59-56-53-50-47-44-27-24-21-18-15-12-9-3)80-71(75)64-61-58-55-52-49-46-43-41-38-33-31-29-26-23-20-17-14-11-8-2/h10,13,19,22,28-31,34-35,37,39,42,45,59,62,68-69H,7-9,11-12,14-18,20-21,23-27,32-33,36,38,40-41,43-44,46-58,60-61,63-67H2,1-6H3,(H-,72,74,76,77)/b13-10-,22-19-,30-28-,31-29+,35-34-,39-37-,45-42-,62-59-. The van der Waals surface area contributed by atoms with E-state index in [1.165, 1.54) is 148 Å². The van der Waals surface area contributed by atoms with E-state index < -0.39 is 26.6 Å². The van der Waals surface area contributed by atoms with Gasteiger partial charge in [0.2, 0.25) is 5.91 Å². The molecule has 10 heteroatoms. The van der Waals surface area contributed by atoms with Gasteiger partial charge in [0.25, 0.3) is 7.82 Å². The summed E-state index contributed by atoms with van der Waals surface area (Å²) in [4.78, 5) is 40.1. The van der Waals surface area contributed by atoms with E-state index in [9.17, 15) is 19.0 Å². The number of ether oxygens (including phenoxy) is 1. The average Bonchev–Trinajstić information content (AvgIpc) is 3.44. The van der Waals surface area contributed by atoms with Crippen LogP contribution >= 0.6 is 7.82 Å². The summed E-state index contributed by atoms with van der Waals surface area (Å²) in [6, 6.07) is -0.909. The summed E-state index contributed by atoms with van der Waals surface area (Å²) in [5, 5.41) is 3.02. The summed E-state index contributed by atoms with van der Waals surface area (Å²) < 4.78 is 30.4. The van der Waals surface area contributed by atoms with Crippen LogP contribution in [0.15, 0.2) is 97.2 Å². The maximum Gasteiger partial charge on any atom is 0.306 e. The Morgan fingerprint density at radius 2 is 0.790 bits per heavy atom. The third-order valence-electron chi connectivity index (χ3n) is 14.5. The second kappa shape index (κ2) is 60.1. The molecule has 0 aliphatic carbocycles. The largest absolute Gasteiger partial charge is 0.756 e. The molecule has 0 aliphatic heterocycles. The van der Waals surface area contributed by atoms with Crippen LogP contribution in [-0.4, -0.2) is 69.4 Å². The Morgan fingerprint density at radius 1 is 0.444 bits per heavy atom. The van der Waals surface area contributed by atoms with Crippen LogP contribution in [0.25, 0.3) is 0 Å². The minimum absolute atomic E-state index is 0.0318. The third kappa shape index (κ3) is 61.3. The number of rotatable bonds is 60. The lowest BCUT2D eigenvalue weighted by molar-refractivity contribution is -0.870. The van der Waals surface area contributed by atoms with Crippen molar-refractivity contribution in [1.29, 1.82) is 0 Å². The molecular weight excluding hydrogens is 1020 g/mol. The SMILES string of the molecule is CC/C=C\C/C=C\C/C=C\C/C=C\C/C=C\C/C=C\CCCCCCC(=O)NC(COP(=O)([O-])OCC[N+](C)(C)C)C(/C=C\CCCCCCCCCCCCC)OC(=O)CCCCCCCCCCC/C=C/CCCCCCCC. The summed E-state index contributed by atoms with van der Waals surface area (Å²) in [5.74, 6) is -0.571. The lowest BCUT2D eigenvalue weighted by Gasteiger charge is -2.30. The molecule has 0 radical (unpaired) electrons. The Morgan fingerprint density at radius 3 is 1.20 bits per heavy atom. The molecule has 1 N–H and O–H groups in total. The number of carbonyl (C=O) groups excluding carboxylic acids is 2. The van der Waals surface area contributed by atoms with Gasteiger partial charge < -0.3 is 28.5 Å². The van der Waals surface area contributed by atoms with Crippen LogP contribution in [0.3, 0.4) is 0 Å². The smallest absolute Gasteiger partial charge is 0.306 e. The fraction of sp³-hybridized carbons (Fsp3) is 0.746. The molecule has 0 aromatic rings. The molecule has 0 rings (SSSR count). The van der Waals surface area contributed by atoms with Gasteiger partial charge in [-0.05, 0) is 109 Å². The number of amides is 1. The summed E-state index contributed by atoms with van der Waals surface area (Å²) in [5.41, 5.74) is 0. The van der Waals surface area contributed by atoms with E-state index in [-0.39, 0.29) is 31.3 Å². The van der Waals surface area contributed by atoms with Crippen molar-refractivity contribution < 1.29 is 37.3 Å². The Hall–Kier alpha value is -3.07. The minimum Gasteiger partial charge on any atom is -0.756 e. The van der Waals surface area contributed by atoms with Crippen molar-refractivity contribution >= 4 is 19.7 Å². The maximum absolute atomic E-state index is 13.6. The number of nitrogens with one attached hydrogen (secondary N) is 1. The van der Waals surface area contributed by atoms with Crippen LogP contribution in [-0.2, 0) is 27.9 Å². The van der Waals surface area contributed by atoms with E-state index in [4.69, 9.17) is 13.8 Å². The quantitative estimate of drug-likeness (QED) is 0.0212. The van der Waals surface area contributed by atoms with E-state index in [0.717, 1.165) is 103 Å². The van der Waals surface area contributed by atoms with Crippen LogP contribution in [0.5, 0.6) is 0 Å². The van der Waals surface area contributed by atoms with Crippen LogP contribution in [0.4, 0.5) is 0 Å². The first-order chi connectivity index (χ1) is 39.4. The molecule has 0 aromatic carbocycles. The Kier molecular flexibility index (Phi) is 57.8. The number of phosphoric acid groups is 1. The average molecular weight is 1150 g/mol. The molecule has 0 aromatic heterocycles. The fourth-order valence-corrected chi connectivity index (χ4v) is 10.1. The van der Waals surface area contributed by atoms with Crippen molar-refractivity contribution in [3.63, 3.8) is 0 Å². The normalized spacial score (nSPS) is 14.2. The molecule has 81 heavy (non-hydrogen) atoms. The summed E-state index contributed by atoms with van der Waals surface area (Å²) in [7, 11) is 1.16. The summed E-state index contributed by atoms with van der Waals surface area (Å²) in [6.45, 7) is 6.72. The Labute approximate surface area is 500 Å². The molecule has 0 fully saturated rings. The zero-order valence-electron chi connectivity index (χ0n) is 53.5. The van der Waals surface area contributed by atoms with Crippen LogP contribution in [0.1, 0.15) is 290 Å². The second-order valence-corrected chi connectivity index (χ2v) is 25.0. The van der Waals surface area contributed by atoms with Gasteiger partial charge in [0.1, 0.15) is 19.3 Å². The highest BCUT2D eigenvalue weighted by atomic mass is 31.2. The topological polar surface area (TPSA) is 114 Å². The zero-order valence-corrected chi connectivity index (χ0v) is 54.4. The first-order valence-electron chi connectivity index (χ1n) is 33.5. The highest BCUT2D eigenvalue weighted by molar-refractivity contribution is 7.45. The molecule has 0 saturated heterocycles. The number of unbranched alkanes of at least 4 members (excludes halogenated alkanes) is 30. The Balaban J connectivity index is 5.26. The minimum atomic E-state index is -4.72. The van der Waals surface area contributed by atoms with E-state index in [1.807, 2.05) is 33.3 Å². The highest BCUT2D eigenvalue weighted by Gasteiger charge is 2.27. The van der Waals surface area contributed by atoms with Crippen molar-refractivity contribution in [3.05, 3.63) is 97.2 Å². The predicted molar refractivity (Wildman–Crippen MR) is 348 cm³/mol. The number of quaternary nitrogens is 1. The number of esters is 1. The second-order valence-electron chi connectivity index (χ2n) is 23.6. The molecule has 0 aliphatic rings. The first-order valence-corrected chi connectivity index (χ1v) is 35.0. The molecule has 0 spiro atoms. The van der Waals surface area contributed by atoms with Crippen molar-refractivity contribution in [2.75, 3.05) is 40.9 Å². The number of carbonyl (C=O) groups is 2. The molecule has 3 atom stereocenters. The highest BCUT2D eigenvalue weighted by Crippen LogP contribution is 2.38. The molecule has 0 heterocycles. The van der Waals surface area contributed by atoms with Gasteiger partial charge in [-0.2, -0.15) is 0 Å². The van der Waals surface area contributed by atoms with Crippen molar-refractivity contribution in [2.45, 2.75) is 303 Å². The van der Waals surface area contributed by atoms with Crippen molar-refractivity contribution in [3.8, 4) is 0 Å². The molecule has 1 amide bonds. The maximum atomic E-state index is 13.6. The first kappa shape index (κ1) is 77.9. The van der Waals surface area contributed by atoms with Gasteiger partial charge in [-0.25, -0.2) is 0 Å². The lowest BCUT2D eigenvalue weighted by atomic mass is 10.0. The molecular formula is C71H127N2O7P. The van der Waals surface area contributed by atoms with Gasteiger partial charge in [-0.3, -0.25) is 14.2 Å². The van der Waals surface area contributed by atoms with Gasteiger partial charge in [0, 0.05) is 12.8 Å². The molecule has 9 nitrogen and oxygen atoms in total. The summed E-state index contributed by atoms with van der Waals surface area (Å²) in [6.07, 6.45) is 80.9. The Bertz CT molecular complexity index is 1710. The lowest BCUT2D eigenvalue weighted by Crippen LogP contribution is -2.47. The van der Waals surface area contributed by atoms with Crippen LogP contribution in [0, 0.1) is 0 Å². The van der Waals surface area contributed by atoms with Gasteiger partial charge in [0.15, 0.2) is 0 Å². The molecule has 0 bridgehead atoms. The fourth-order valence-electron chi connectivity index (χ4n) is 9.34. The van der Waals surface area contributed by atoms with Crippen molar-refractivity contribution in [2.24, 2.45) is 0 Å². The zero-order chi connectivity index (χ0) is 59.3. The van der Waals surface area contributed by atoms with Gasteiger partial charge >= 0.3 is 5.97 Å². The molecule has 468 valence electrons. The van der Waals surface area contributed by atoms with E-state index in [0.29, 0.717) is 17.4 Å². The summed E-state index contributed by atoms with van der Waals surface area (Å²) >= 11 is 0. The monoisotopic (exact) mass is 1150 g/mol. The predicted octanol–water partition coefficient (Wildman–Crippen LogP) is 20.5.